The molecule has 0 bridgehead atoms. The maximum absolute atomic E-state index is 6.09. The monoisotopic (exact) mass is 233 g/mol. The van der Waals surface area contributed by atoms with Crippen LogP contribution in [0.25, 0.3) is 11.4 Å². The first-order valence-electron chi connectivity index (χ1n) is 4.98. The van der Waals surface area contributed by atoms with Crippen LogP contribution in [0, 0.1) is 6.92 Å². The number of rotatable bonds is 2. The predicted octanol–water partition coefficient (Wildman–Crippen LogP) is 3.15. The molecule has 0 unspecified atom stereocenters. The van der Waals surface area contributed by atoms with Gasteiger partial charge in [0.25, 0.3) is 0 Å². The average molecular weight is 234 g/mol. The second kappa shape index (κ2) is 4.49. The van der Waals surface area contributed by atoms with Crippen LogP contribution in [0.4, 0.5) is 5.82 Å². The van der Waals surface area contributed by atoms with E-state index in [9.17, 15) is 0 Å². The summed E-state index contributed by atoms with van der Waals surface area (Å²) in [6.07, 6.45) is 1.79. The molecular formula is C12H12ClN3. The minimum absolute atomic E-state index is 0.639. The molecule has 1 heterocycles. The first kappa shape index (κ1) is 10.9. The summed E-state index contributed by atoms with van der Waals surface area (Å²) in [4.78, 5) is 8.70. The van der Waals surface area contributed by atoms with E-state index in [0.29, 0.717) is 10.8 Å². The van der Waals surface area contributed by atoms with Crippen molar-refractivity contribution in [3.05, 3.63) is 41.0 Å². The summed E-state index contributed by atoms with van der Waals surface area (Å²) < 4.78 is 0. The summed E-state index contributed by atoms with van der Waals surface area (Å²) in [5.74, 6) is 1.46. The lowest BCUT2D eigenvalue weighted by molar-refractivity contribution is 1.13. The Bertz CT molecular complexity index is 511. The number of hydrogen-bond donors (Lipinski definition) is 1. The number of benzene rings is 1. The van der Waals surface area contributed by atoms with Crippen LogP contribution in [-0.4, -0.2) is 17.0 Å². The Hall–Kier alpha value is -1.61. The predicted molar refractivity (Wildman–Crippen MR) is 66.8 cm³/mol. The number of anilines is 1. The third kappa shape index (κ3) is 1.99. The first-order chi connectivity index (χ1) is 7.72. The van der Waals surface area contributed by atoms with E-state index in [-0.39, 0.29) is 0 Å². The van der Waals surface area contributed by atoms with E-state index in [1.165, 1.54) is 0 Å². The van der Waals surface area contributed by atoms with Gasteiger partial charge in [-0.05, 0) is 19.1 Å². The highest BCUT2D eigenvalue weighted by Gasteiger charge is 2.07. The quantitative estimate of drug-likeness (QED) is 0.866. The molecule has 0 aliphatic carbocycles. The SMILES string of the molecule is CNc1nc(-c2ccccc2Cl)ncc1C. The van der Waals surface area contributed by atoms with Crippen molar-refractivity contribution >= 4 is 17.4 Å². The van der Waals surface area contributed by atoms with Crippen LogP contribution >= 0.6 is 11.6 Å². The summed E-state index contributed by atoms with van der Waals surface area (Å²) in [5, 5.41) is 3.69. The van der Waals surface area contributed by atoms with E-state index < -0.39 is 0 Å². The third-order valence-corrected chi connectivity index (χ3v) is 2.65. The molecule has 4 heteroatoms. The number of nitrogens with one attached hydrogen (secondary N) is 1. The number of aromatic nitrogens is 2. The molecule has 2 aromatic rings. The minimum atomic E-state index is 0.639. The number of nitrogens with zero attached hydrogens (tertiary/aromatic N) is 2. The molecule has 0 amide bonds. The fourth-order valence-electron chi connectivity index (χ4n) is 1.47. The molecule has 0 radical (unpaired) electrons. The minimum Gasteiger partial charge on any atom is -0.373 e. The molecule has 16 heavy (non-hydrogen) atoms. The zero-order valence-corrected chi connectivity index (χ0v) is 9.92. The Morgan fingerprint density at radius 2 is 2.00 bits per heavy atom. The summed E-state index contributed by atoms with van der Waals surface area (Å²) in [7, 11) is 1.84. The van der Waals surface area contributed by atoms with Gasteiger partial charge in [0.15, 0.2) is 5.82 Å². The van der Waals surface area contributed by atoms with Gasteiger partial charge < -0.3 is 5.32 Å². The second-order valence-corrected chi connectivity index (χ2v) is 3.86. The number of halogens is 1. The van der Waals surface area contributed by atoms with Crippen molar-refractivity contribution in [2.45, 2.75) is 6.92 Å². The standard InChI is InChI=1S/C12H12ClN3/c1-8-7-15-12(16-11(8)14-2)9-5-3-4-6-10(9)13/h3-7H,1-2H3,(H,14,15,16). The molecular weight excluding hydrogens is 222 g/mol. The van der Waals surface area contributed by atoms with Crippen molar-refractivity contribution in [3.63, 3.8) is 0 Å². The number of hydrogen-bond acceptors (Lipinski definition) is 3. The van der Waals surface area contributed by atoms with Gasteiger partial charge in [0.05, 0.1) is 5.02 Å². The van der Waals surface area contributed by atoms with Gasteiger partial charge in [-0.2, -0.15) is 0 Å². The van der Waals surface area contributed by atoms with Gasteiger partial charge in [-0.25, -0.2) is 9.97 Å². The van der Waals surface area contributed by atoms with Crippen molar-refractivity contribution in [2.24, 2.45) is 0 Å². The summed E-state index contributed by atoms with van der Waals surface area (Å²) in [5.41, 5.74) is 1.86. The van der Waals surface area contributed by atoms with Crippen molar-refractivity contribution < 1.29 is 0 Å². The topological polar surface area (TPSA) is 37.8 Å². The summed E-state index contributed by atoms with van der Waals surface area (Å²) in [6.45, 7) is 1.96. The summed E-state index contributed by atoms with van der Waals surface area (Å²) in [6, 6.07) is 7.55. The normalized spacial score (nSPS) is 10.2. The molecule has 0 aliphatic rings. The van der Waals surface area contributed by atoms with Crippen molar-refractivity contribution in [2.75, 3.05) is 12.4 Å². The first-order valence-corrected chi connectivity index (χ1v) is 5.36. The van der Waals surface area contributed by atoms with Crippen LogP contribution in [0.5, 0.6) is 0 Å². The van der Waals surface area contributed by atoms with Crippen LogP contribution in [0.1, 0.15) is 5.56 Å². The molecule has 1 N–H and O–H groups in total. The maximum Gasteiger partial charge on any atom is 0.163 e. The van der Waals surface area contributed by atoms with E-state index in [2.05, 4.69) is 15.3 Å². The summed E-state index contributed by atoms with van der Waals surface area (Å²) >= 11 is 6.09. The van der Waals surface area contributed by atoms with E-state index in [1.54, 1.807) is 6.20 Å². The van der Waals surface area contributed by atoms with Crippen molar-refractivity contribution in [1.29, 1.82) is 0 Å². The molecule has 0 spiro atoms. The highest BCUT2D eigenvalue weighted by Crippen LogP contribution is 2.25. The van der Waals surface area contributed by atoms with Crippen molar-refractivity contribution in [3.8, 4) is 11.4 Å². The van der Waals surface area contributed by atoms with Crippen LogP contribution in [0.3, 0.4) is 0 Å². The van der Waals surface area contributed by atoms with Crippen LogP contribution < -0.4 is 5.32 Å². The average Bonchev–Trinajstić information content (AvgIpc) is 2.31. The number of aryl methyl sites for hydroxylation is 1. The zero-order chi connectivity index (χ0) is 11.5. The van der Waals surface area contributed by atoms with Gasteiger partial charge in [-0.1, -0.05) is 23.7 Å². The fraction of sp³-hybridized carbons (Fsp3) is 0.167. The Kier molecular flexibility index (Phi) is 3.06. The molecule has 3 nitrogen and oxygen atoms in total. The lowest BCUT2D eigenvalue weighted by Crippen LogP contribution is -1.99. The Morgan fingerprint density at radius 1 is 1.25 bits per heavy atom. The van der Waals surface area contributed by atoms with Crippen molar-refractivity contribution in [1.82, 2.24) is 9.97 Å². The van der Waals surface area contributed by atoms with Gasteiger partial charge in [0.2, 0.25) is 0 Å². The largest absolute Gasteiger partial charge is 0.373 e. The second-order valence-electron chi connectivity index (χ2n) is 3.46. The molecule has 0 saturated heterocycles. The highest BCUT2D eigenvalue weighted by atomic mass is 35.5. The van der Waals surface area contributed by atoms with Gasteiger partial charge >= 0.3 is 0 Å². The molecule has 1 aromatic heterocycles. The smallest absolute Gasteiger partial charge is 0.163 e. The Labute approximate surface area is 99.5 Å². The lowest BCUT2D eigenvalue weighted by Gasteiger charge is -2.07. The van der Waals surface area contributed by atoms with Gasteiger partial charge in [0.1, 0.15) is 5.82 Å². The third-order valence-electron chi connectivity index (χ3n) is 2.32. The van der Waals surface area contributed by atoms with E-state index in [0.717, 1.165) is 16.9 Å². The lowest BCUT2D eigenvalue weighted by atomic mass is 10.2. The van der Waals surface area contributed by atoms with Gasteiger partial charge in [-0.15, -0.1) is 0 Å². The molecule has 0 aliphatic heterocycles. The fourth-order valence-corrected chi connectivity index (χ4v) is 1.69. The van der Waals surface area contributed by atoms with Crippen LogP contribution in [0.2, 0.25) is 5.02 Å². The van der Waals surface area contributed by atoms with E-state index in [4.69, 9.17) is 11.6 Å². The van der Waals surface area contributed by atoms with E-state index >= 15 is 0 Å². The van der Waals surface area contributed by atoms with Gasteiger partial charge in [-0.3, -0.25) is 0 Å². The van der Waals surface area contributed by atoms with Crippen LogP contribution in [0.15, 0.2) is 30.5 Å². The molecule has 2 rings (SSSR count). The van der Waals surface area contributed by atoms with E-state index in [1.807, 2.05) is 38.2 Å². The van der Waals surface area contributed by atoms with Crippen LogP contribution in [-0.2, 0) is 0 Å². The maximum atomic E-state index is 6.09. The molecule has 82 valence electrons. The molecule has 1 aromatic carbocycles. The van der Waals surface area contributed by atoms with Gasteiger partial charge in [0, 0.05) is 24.4 Å². The highest BCUT2D eigenvalue weighted by molar-refractivity contribution is 6.33. The molecule has 0 atom stereocenters. The Morgan fingerprint density at radius 3 is 2.69 bits per heavy atom. The Balaban J connectivity index is 2.53. The zero-order valence-electron chi connectivity index (χ0n) is 9.16. The molecule has 0 fully saturated rings. The molecule has 0 saturated carbocycles.